The van der Waals surface area contributed by atoms with Crippen LogP contribution in [0.3, 0.4) is 0 Å². The van der Waals surface area contributed by atoms with E-state index in [0.717, 1.165) is 22.5 Å². The molecule has 1 aromatic carbocycles. The van der Waals surface area contributed by atoms with Crippen LogP contribution in [0.25, 0.3) is 16.9 Å². The molecular weight excluding hydrogens is 299 g/mol. The van der Waals surface area contributed by atoms with Gasteiger partial charge in [0.1, 0.15) is 0 Å². The van der Waals surface area contributed by atoms with Crippen molar-refractivity contribution in [1.82, 2.24) is 14.6 Å². The zero-order chi connectivity index (χ0) is 11.0. The number of aryl methyl sites for hydroxylation is 1. The molecule has 0 atom stereocenters. The molecule has 3 aromatic rings. The van der Waals surface area contributed by atoms with Gasteiger partial charge >= 0.3 is 0 Å². The maximum atomic E-state index is 4.36. The number of hydrogen-bond acceptors (Lipinski definition) is 2. The van der Waals surface area contributed by atoms with Gasteiger partial charge in [0, 0.05) is 44.6 Å². The molecule has 4 heteroatoms. The molecule has 0 aliphatic carbocycles. The molecule has 3 nitrogen and oxygen atoms in total. The third-order valence-corrected chi connectivity index (χ3v) is 2.50. The third kappa shape index (κ3) is 2.68. The zero-order valence-electron chi connectivity index (χ0n) is 10.5. The van der Waals surface area contributed by atoms with Gasteiger partial charge in [0.2, 0.25) is 0 Å². The van der Waals surface area contributed by atoms with E-state index in [9.17, 15) is 0 Å². The van der Waals surface area contributed by atoms with Gasteiger partial charge in [0.15, 0.2) is 5.65 Å². The Morgan fingerprint density at radius 3 is 2.83 bits per heavy atom. The van der Waals surface area contributed by atoms with Crippen LogP contribution in [0.5, 0.6) is 0 Å². The van der Waals surface area contributed by atoms with E-state index >= 15 is 0 Å². The molecule has 0 N–H and O–H groups in total. The van der Waals surface area contributed by atoms with E-state index < -0.39 is 0 Å². The topological polar surface area (TPSA) is 30.2 Å². The summed E-state index contributed by atoms with van der Waals surface area (Å²) in [6.07, 6.45) is 3.68. The van der Waals surface area contributed by atoms with Gasteiger partial charge in [0.25, 0.3) is 0 Å². The van der Waals surface area contributed by atoms with Crippen molar-refractivity contribution in [1.29, 1.82) is 0 Å². The predicted octanol–water partition coefficient (Wildman–Crippen LogP) is 2.95. The second kappa shape index (κ2) is 6.21. The van der Waals surface area contributed by atoms with Crippen LogP contribution in [-0.4, -0.2) is 14.6 Å². The Morgan fingerprint density at radius 2 is 2.11 bits per heavy atom. The first-order valence-electron chi connectivity index (χ1n) is 5.11. The van der Waals surface area contributed by atoms with Crippen molar-refractivity contribution in [3.8, 4) is 11.3 Å². The average molecular weight is 312 g/mol. The molecule has 0 bridgehead atoms. The Labute approximate surface area is 132 Å². The first kappa shape index (κ1) is 15.0. The molecule has 89 valence electrons. The van der Waals surface area contributed by atoms with Crippen molar-refractivity contribution in [2.45, 2.75) is 6.92 Å². The zero-order valence-corrected chi connectivity index (χ0v) is 13.3. The van der Waals surface area contributed by atoms with Gasteiger partial charge in [-0.25, -0.2) is 9.50 Å². The fraction of sp³-hybridized carbons (Fsp3) is 0.0714. The summed E-state index contributed by atoms with van der Waals surface area (Å²) in [6, 6.07) is 12.9. The summed E-state index contributed by atoms with van der Waals surface area (Å²) in [6.45, 7) is 2.01. The minimum absolute atomic E-state index is 0. The van der Waals surface area contributed by atoms with Gasteiger partial charge < -0.3 is 7.43 Å². The first-order valence-corrected chi connectivity index (χ1v) is 5.11. The minimum atomic E-state index is 0. The van der Waals surface area contributed by atoms with E-state index in [0.29, 0.717) is 0 Å². The molecule has 0 aliphatic heterocycles. The molecule has 0 saturated carbocycles. The van der Waals surface area contributed by atoms with E-state index in [4.69, 9.17) is 0 Å². The number of imidazole rings is 1. The molecule has 2 heterocycles. The summed E-state index contributed by atoms with van der Waals surface area (Å²) in [5.41, 5.74) is 4.06. The monoisotopic (exact) mass is 312 g/mol. The Bertz CT molecular complexity index is 632. The van der Waals surface area contributed by atoms with Gasteiger partial charge in [-0.3, -0.25) is 0 Å². The standard InChI is InChI=1S/C13H10N3.CH3.Y/c1-10-7-13-14-9-12(16(13)15-8-10)11-5-3-2-4-6-11;;/h2-3,5-9H,1H3;1H3;/q2*-1;. The first-order chi connectivity index (χ1) is 7.84. The largest absolute Gasteiger partial charge is 0.358 e. The molecule has 0 fully saturated rings. The molecule has 0 spiro atoms. The van der Waals surface area contributed by atoms with Crippen molar-refractivity contribution in [3.63, 3.8) is 0 Å². The molecule has 0 amide bonds. The van der Waals surface area contributed by atoms with Crippen LogP contribution in [0.4, 0.5) is 0 Å². The van der Waals surface area contributed by atoms with Crippen molar-refractivity contribution >= 4 is 5.65 Å². The smallest absolute Gasteiger partial charge is 0.153 e. The summed E-state index contributed by atoms with van der Waals surface area (Å²) in [5, 5.41) is 4.36. The Kier molecular flexibility index (Phi) is 5.18. The van der Waals surface area contributed by atoms with Crippen molar-refractivity contribution in [3.05, 3.63) is 61.8 Å². The molecule has 0 unspecified atom stereocenters. The molecule has 0 aliphatic rings. The van der Waals surface area contributed by atoms with Gasteiger partial charge in [0.05, 0.1) is 6.20 Å². The van der Waals surface area contributed by atoms with E-state index in [1.54, 1.807) is 0 Å². The summed E-state index contributed by atoms with van der Waals surface area (Å²) < 4.78 is 1.84. The van der Waals surface area contributed by atoms with E-state index in [1.165, 1.54) is 0 Å². The van der Waals surface area contributed by atoms with E-state index in [-0.39, 0.29) is 40.1 Å². The molecule has 18 heavy (non-hydrogen) atoms. The van der Waals surface area contributed by atoms with Crippen LogP contribution in [0.2, 0.25) is 0 Å². The number of aromatic nitrogens is 3. The van der Waals surface area contributed by atoms with E-state index in [1.807, 2.05) is 54.2 Å². The maximum absolute atomic E-state index is 4.36. The normalized spacial score (nSPS) is 9.61. The fourth-order valence-electron chi connectivity index (χ4n) is 1.72. The van der Waals surface area contributed by atoms with Gasteiger partial charge in [-0.1, -0.05) is 0 Å². The summed E-state index contributed by atoms with van der Waals surface area (Å²) >= 11 is 0. The van der Waals surface area contributed by atoms with Crippen molar-refractivity contribution in [2.75, 3.05) is 0 Å². The van der Waals surface area contributed by atoms with Crippen molar-refractivity contribution in [2.24, 2.45) is 0 Å². The van der Waals surface area contributed by atoms with Gasteiger partial charge in [-0.05, 0) is 18.6 Å². The van der Waals surface area contributed by atoms with Crippen LogP contribution < -0.4 is 0 Å². The van der Waals surface area contributed by atoms with Crippen LogP contribution in [0.15, 0.2) is 42.7 Å². The van der Waals surface area contributed by atoms with Crippen LogP contribution in [0, 0.1) is 20.4 Å². The van der Waals surface area contributed by atoms with Crippen LogP contribution >= 0.6 is 0 Å². The number of hydrogen-bond donors (Lipinski definition) is 0. The van der Waals surface area contributed by atoms with Crippen LogP contribution in [0.1, 0.15) is 5.56 Å². The maximum Gasteiger partial charge on any atom is 0.153 e. The molecule has 0 saturated heterocycles. The van der Waals surface area contributed by atoms with Gasteiger partial charge in [-0.15, -0.1) is 5.56 Å². The SMILES string of the molecule is Cc1cnn2c(-c3c[c-]ccc3)cnc2c1.[CH3-].[Y]. The number of rotatable bonds is 1. The van der Waals surface area contributed by atoms with Crippen LogP contribution in [-0.2, 0) is 32.7 Å². The molecule has 3 rings (SSSR count). The Balaban J connectivity index is 0.000000810. The fourth-order valence-corrected chi connectivity index (χ4v) is 1.72. The second-order valence-electron chi connectivity index (χ2n) is 3.74. The number of fused-ring (bicyclic) bond motifs is 1. The Hall–Kier alpha value is -1.06. The summed E-state index contributed by atoms with van der Waals surface area (Å²) in [7, 11) is 0. The second-order valence-corrected chi connectivity index (χ2v) is 3.74. The minimum Gasteiger partial charge on any atom is -0.358 e. The van der Waals surface area contributed by atoms with Gasteiger partial charge in [-0.2, -0.15) is 35.4 Å². The molecule has 1 radical (unpaired) electrons. The third-order valence-electron chi connectivity index (χ3n) is 2.50. The Morgan fingerprint density at radius 1 is 1.28 bits per heavy atom. The quantitative estimate of drug-likeness (QED) is 0.647. The molecular formula is C14H13N3Y-2. The molecule has 2 aromatic heterocycles. The predicted molar refractivity (Wildman–Crippen MR) is 68.4 cm³/mol. The summed E-state index contributed by atoms with van der Waals surface area (Å²) in [5.74, 6) is 0. The number of benzene rings is 1. The van der Waals surface area contributed by atoms with Crippen molar-refractivity contribution < 1.29 is 32.7 Å². The summed E-state index contributed by atoms with van der Waals surface area (Å²) in [4.78, 5) is 4.34. The number of nitrogens with zero attached hydrogens (tertiary/aromatic N) is 3. The van der Waals surface area contributed by atoms with E-state index in [2.05, 4.69) is 16.1 Å². The average Bonchev–Trinajstić information content (AvgIpc) is 2.73.